The van der Waals surface area contributed by atoms with Crippen molar-refractivity contribution in [3.8, 4) is 0 Å². The minimum Gasteiger partial charge on any atom is -0.368 e. The van der Waals surface area contributed by atoms with E-state index in [1.54, 1.807) is 32.0 Å². The second kappa shape index (κ2) is 4.87. The standard InChI is InChI=1S/C12H15BrN2O2/c1-7-6-8(4-5-9(7)13)10(16)15-12(2,3)11(14)17/h4-6H,1-3H3,(H2,14,17)(H,15,16). The molecule has 2 amide bonds. The number of hydrogen-bond donors (Lipinski definition) is 2. The van der Waals surface area contributed by atoms with Gasteiger partial charge in [-0.1, -0.05) is 15.9 Å². The number of halogens is 1. The Morgan fingerprint density at radius 2 is 1.94 bits per heavy atom. The summed E-state index contributed by atoms with van der Waals surface area (Å²) in [4.78, 5) is 23.0. The average Bonchev–Trinajstić information content (AvgIpc) is 2.21. The van der Waals surface area contributed by atoms with Crippen molar-refractivity contribution in [3.05, 3.63) is 33.8 Å². The van der Waals surface area contributed by atoms with Crippen LogP contribution in [0.1, 0.15) is 29.8 Å². The number of aryl methyl sites for hydroxylation is 1. The first kappa shape index (κ1) is 13.7. The Morgan fingerprint density at radius 1 is 1.35 bits per heavy atom. The van der Waals surface area contributed by atoms with Crippen molar-refractivity contribution >= 4 is 27.7 Å². The van der Waals surface area contributed by atoms with Gasteiger partial charge in [0.15, 0.2) is 0 Å². The first-order valence-electron chi connectivity index (χ1n) is 5.12. The zero-order valence-electron chi connectivity index (χ0n) is 10.0. The van der Waals surface area contributed by atoms with Crippen molar-refractivity contribution < 1.29 is 9.59 Å². The Hall–Kier alpha value is -1.36. The lowest BCUT2D eigenvalue weighted by molar-refractivity contribution is -0.122. The van der Waals surface area contributed by atoms with Gasteiger partial charge < -0.3 is 11.1 Å². The van der Waals surface area contributed by atoms with Crippen LogP contribution >= 0.6 is 15.9 Å². The monoisotopic (exact) mass is 298 g/mol. The van der Waals surface area contributed by atoms with Crippen LogP contribution in [0, 0.1) is 6.92 Å². The van der Waals surface area contributed by atoms with Gasteiger partial charge in [0.25, 0.3) is 5.91 Å². The topological polar surface area (TPSA) is 72.2 Å². The summed E-state index contributed by atoms with van der Waals surface area (Å²) in [6.45, 7) is 5.03. The van der Waals surface area contributed by atoms with Crippen LogP contribution in [-0.2, 0) is 4.79 Å². The predicted molar refractivity (Wildman–Crippen MR) is 69.6 cm³/mol. The van der Waals surface area contributed by atoms with Gasteiger partial charge in [0.1, 0.15) is 5.54 Å². The van der Waals surface area contributed by atoms with E-state index in [1.165, 1.54) is 0 Å². The fourth-order valence-corrected chi connectivity index (χ4v) is 1.45. The Morgan fingerprint density at radius 3 is 2.41 bits per heavy atom. The molecule has 5 heteroatoms. The molecule has 0 saturated carbocycles. The average molecular weight is 299 g/mol. The molecule has 92 valence electrons. The van der Waals surface area contributed by atoms with Crippen LogP contribution < -0.4 is 11.1 Å². The number of rotatable bonds is 3. The second-order valence-electron chi connectivity index (χ2n) is 4.41. The molecule has 17 heavy (non-hydrogen) atoms. The molecule has 1 aromatic rings. The molecule has 0 heterocycles. The second-order valence-corrected chi connectivity index (χ2v) is 5.26. The zero-order chi connectivity index (χ0) is 13.2. The first-order valence-corrected chi connectivity index (χ1v) is 5.92. The number of carbonyl (C=O) groups excluding carboxylic acids is 2. The van der Waals surface area contributed by atoms with Crippen molar-refractivity contribution in [1.82, 2.24) is 5.32 Å². The number of hydrogen-bond acceptors (Lipinski definition) is 2. The smallest absolute Gasteiger partial charge is 0.252 e. The van der Waals surface area contributed by atoms with Gasteiger partial charge in [0, 0.05) is 10.0 Å². The highest BCUT2D eigenvalue weighted by Crippen LogP contribution is 2.17. The minimum atomic E-state index is -1.06. The summed E-state index contributed by atoms with van der Waals surface area (Å²) in [5, 5.41) is 2.59. The number of benzene rings is 1. The van der Waals surface area contributed by atoms with Crippen molar-refractivity contribution in [2.24, 2.45) is 5.73 Å². The van der Waals surface area contributed by atoms with E-state index in [0.29, 0.717) is 5.56 Å². The molecule has 0 spiro atoms. The van der Waals surface area contributed by atoms with E-state index in [2.05, 4.69) is 21.2 Å². The van der Waals surface area contributed by atoms with Crippen LogP contribution in [0.2, 0.25) is 0 Å². The van der Waals surface area contributed by atoms with Gasteiger partial charge in [-0.15, -0.1) is 0 Å². The summed E-state index contributed by atoms with van der Waals surface area (Å²) >= 11 is 3.36. The molecule has 0 bridgehead atoms. The highest BCUT2D eigenvalue weighted by Gasteiger charge is 2.27. The molecule has 1 rings (SSSR count). The van der Waals surface area contributed by atoms with E-state index in [0.717, 1.165) is 10.0 Å². The Kier molecular flexibility index (Phi) is 3.93. The van der Waals surface area contributed by atoms with E-state index in [1.807, 2.05) is 6.92 Å². The third kappa shape index (κ3) is 3.30. The van der Waals surface area contributed by atoms with Crippen molar-refractivity contribution in [2.75, 3.05) is 0 Å². The van der Waals surface area contributed by atoms with Crippen molar-refractivity contribution in [2.45, 2.75) is 26.3 Å². The number of amides is 2. The van der Waals surface area contributed by atoms with Crippen LogP contribution in [0.4, 0.5) is 0 Å². The third-order valence-corrected chi connectivity index (χ3v) is 3.35. The number of carbonyl (C=O) groups is 2. The quantitative estimate of drug-likeness (QED) is 0.892. The van der Waals surface area contributed by atoms with Gasteiger partial charge >= 0.3 is 0 Å². The van der Waals surface area contributed by atoms with E-state index >= 15 is 0 Å². The molecule has 0 aromatic heterocycles. The van der Waals surface area contributed by atoms with Crippen LogP contribution in [0.5, 0.6) is 0 Å². The molecule has 0 unspecified atom stereocenters. The summed E-state index contributed by atoms with van der Waals surface area (Å²) in [5.74, 6) is -0.885. The number of primary amides is 1. The maximum Gasteiger partial charge on any atom is 0.252 e. The van der Waals surface area contributed by atoms with Crippen LogP contribution in [0.3, 0.4) is 0 Å². The molecule has 4 nitrogen and oxygen atoms in total. The summed E-state index contributed by atoms with van der Waals surface area (Å²) in [5.41, 5.74) is 5.59. The summed E-state index contributed by atoms with van der Waals surface area (Å²) in [6, 6.07) is 5.22. The minimum absolute atomic E-state index is 0.315. The Labute approximate surface area is 109 Å². The lowest BCUT2D eigenvalue weighted by Crippen LogP contribution is -2.53. The van der Waals surface area contributed by atoms with E-state index in [4.69, 9.17) is 5.73 Å². The molecular formula is C12H15BrN2O2. The maximum absolute atomic E-state index is 11.9. The van der Waals surface area contributed by atoms with Gasteiger partial charge in [-0.05, 0) is 44.5 Å². The third-order valence-electron chi connectivity index (χ3n) is 2.46. The SMILES string of the molecule is Cc1cc(C(=O)NC(C)(C)C(N)=O)ccc1Br. The highest BCUT2D eigenvalue weighted by molar-refractivity contribution is 9.10. The molecule has 0 aliphatic rings. The van der Waals surface area contributed by atoms with Gasteiger partial charge in [-0.3, -0.25) is 9.59 Å². The van der Waals surface area contributed by atoms with Gasteiger partial charge in [0.2, 0.25) is 5.91 Å². The van der Waals surface area contributed by atoms with Crippen molar-refractivity contribution in [1.29, 1.82) is 0 Å². The molecule has 0 aliphatic carbocycles. The molecule has 0 atom stereocenters. The zero-order valence-corrected chi connectivity index (χ0v) is 11.6. The normalized spacial score (nSPS) is 11.1. The largest absolute Gasteiger partial charge is 0.368 e. The maximum atomic E-state index is 11.9. The predicted octanol–water partition coefficient (Wildman–Crippen LogP) is 1.75. The first-order chi connectivity index (χ1) is 7.74. The lowest BCUT2D eigenvalue weighted by Gasteiger charge is -2.22. The summed E-state index contributed by atoms with van der Waals surface area (Å²) in [7, 11) is 0. The molecule has 0 saturated heterocycles. The molecule has 1 aromatic carbocycles. The van der Waals surface area contributed by atoms with Gasteiger partial charge in [-0.2, -0.15) is 0 Å². The number of nitrogens with two attached hydrogens (primary N) is 1. The molecular weight excluding hydrogens is 284 g/mol. The fraction of sp³-hybridized carbons (Fsp3) is 0.333. The fourth-order valence-electron chi connectivity index (χ4n) is 1.20. The molecule has 0 aliphatic heterocycles. The molecule has 0 fully saturated rings. The Bertz CT molecular complexity index is 470. The lowest BCUT2D eigenvalue weighted by atomic mass is 10.0. The van der Waals surface area contributed by atoms with E-state index in [-0.39, 0.29) is 5.91 Å². The summed E-state index contributed by atoms with van der Waals surface area (Å²) < 4.78 is 0.934. The van der Waals surface area contributed by atoms with Crippen LogP contribution in [-0.4, -0.2) is 17.4 Å². The highest BCUT2D eigenvalue weighted by atomic mass is 79.9. The van der Waals surface area contributed by atoms with E-state index in [9.17, 15) is 9.59 Å². The Balaban J connectivity index is 2.91. The number of nitrogens with one attached hydrogen (secondary N) is 1. The van der Waals surface area contributed by atoms with Crippen LogP contribution in [0.25, 0.3) is 0 Å². The van der Waals surface area contributed by atoms with Gasteiger partial charge in [-0.25, -0.2) is 0 Å². The van der Waals surface area contributed by atoms with Gasteiger partial charge in [0.05, 0.1) is 0 Å². The molecule has 0 radical (unpaired) electrons. The van der Waals surface area contributed by atoms with E-state index < -0.39 is 11.4 Å². The molecule has 3 N–H and O–H groups in total. The van der Waals surface area contributed by atoms with Crippen LogP contribution in [0.15, 0.2) is 22.7 Å². The van der Waals surface area contributed by atoms with Crippen molar-refractivity contribution in [3.63, 3.8) is 0 Å². The summed E-state index contributed by atoms with van der Waals surface area (Å²) in [6.07, 6.45) is 0.